The molecule has 2 rings (SSSR count). The monoisotopic (exact) mass is 234 g/mol. The summed E-state index contributed by atoms with van der Waals surface area (Å²) >= 11 is 0. The van der Waals surface area contributed by atoms with Crippen LogP contribution in [0, 0.1) is 0 Å². The Labute approximate surface area is 101 Å². The summed E-state index contributed by atoms with van der Waals surface area (Å²) < 4.78 is 5.22. The van der Waals surface area contributed by atoms with Gasteiger partial charge in [-0.3, -0.25) is 4.79 Å². The number of aliphatic carboxylic acids is 1. The van der Waals surface area contributed by atoms with E-state index in [0.29, 0.717) is 5.92 Å². The van der Waals surface area contributed by atoms with Crippen LogP contribution in [0.2, 0.25) is 0 Å². The summed E-state index contributed by atoms with van der Waals surface area (Å²) in [4.78, 5) is 10.6. The van der Waals surface area contributed by atoms with Gasteiger partial charge in [-0.1, -0.05) is 6.07 Å². The van der Waals surface area contributed by atoms with Crippen LogP contribution < -0.4 is 4.74 Å². The SMILES string of the molecule is COc1ccc2c(c1)CCC[C@@H]2CCC(=O)O. The Bertz CT molecular complexity index is 412. The van der Waals surface area contributed by atoms with Gasteiger partial charge in [-0.15, -0.1) is 0 Å². The van der Waals surface area contributed by atoms with E-state index in [-0.39, 0.29) is 6.42 Å². The zero-order valence-electron chi connectivity index (χ0n) is 10.1. The predicted octanol–water partition coefficient (Wildman–Crippen LogP) is 2.98. The fourth-order valence-electron chi connectivity index (χ4n) is 2.62. The number of carboxylic acids is 1. The average molecular weight is 234 g/mol. The average Bonchev–Trinajstić information content (AvgIpc) is 2.35. The standard InChI is InChI=1S/C14H18O3/c1-17-12-6-7-13-10(5-8-14(15)16)3-2-4-11(13)9-12/h6-7,9-10H,2-5,8H2,1H3,(H,15,16)/t10-/m1/s1. The van der Waals surface area contributed by atoms with E-state index in [1.54, 1.807) is 7.11 Å². The molecule has 0 bridgehead atoms. The summed E-state index contributed by atoms with van der Waals surface area (Å²) in [7, 11) is 1.67. The number of carbonyl (C=O) groups is 1. The van der Waals surface area contributed by atoms with Crippen LogP contribution in [-0.4, -0.2) is 18.2 Å². The van der Waals surface area contributed by atoms with Gasteiger partial charge in [-0.05, 0) is 54.9 Å². The smallest absolute Gasteiger partial charge is 0.303 e. The Morgan fingerprint density at radius 2 is 2.35 bits per heavy atom. The quantitative estimate of drug-likeness (QED) is 0.871. The first-order valence-electron chi connectivity index (χ1n) is 6.09. The Kier molecular flexibility index (Phi) is 3.67. The molecular weight excluding hydrogens is 216 g/mol. The van der Waals surface area contributed by atoms with Gasteiger partial charge in [0.05, 0.1) is 7.11 Å². The molecule has 0 radical (unpaired) electrons. The van der Waals surface area contributed by atoms with E-state index in [9.17, 15) is 4.79 Å². The first-order chi connectivity index (χ1) is 8.20. The zero-order chi connectivity index (χ0) is 12.3. The number of methoxy groups -OCH3 is 1. The van der Waals surface area contributed by atoms with Gasteiger partial charge in [0.25, 0.3) is 0 Å². The van der Waals surface area contributed by atoms with E-state index < -0.39 is 5.97 Å². The number of hydrogen-bond donors (Lipinski definition) is 1. The predicted molar refractivity (Wildman–Crippen MR) is 65.5 cm³/mol. The van der Waals surface area contributed by atoms with Gasteiger partial charge in [-0.25, -0.2) is 0 Å². The lowest BCUT2D eigenvalue weighted by Crippen LogP contribution is -2.11. The summed E-state index contributed by atoms with van der Waals surface area (Å²) in [6, 6.07) is 6.15. The highest BCUT2D eigenvalue weighted by molar-refractivity contribution is 5.66. The number of rotatable bonds is 4. The normalized spacial score (nSPS) is 18.5. The molecule has 0 amide bonds. The van der Waals surface area contributed by atoms with Crippen LogP contribution in [0.4, 0.5) is 0 Å². The minimum atomic E-state index is -0.703. The van der Waals surface area contributed by atoms with Gasteiger partial charge in [0.15, 0.2) is 0 Å². The first-order valence-corrected chi connectivity index (χ1v) is 6.09. The zero-order valence-corrected chi connectivity index (χ0v) is 10.1. The molecule has 0 saturated carbocycles. The molecule has 1 atom stereocenters. The molecule has 0 spiro atoms. The maximum atomic E-state index is 10.6. The lowest BCUT2D eigenvalue weighted by atomic mass is 9.80. The van der Waals surface area contributed by atoms with Crippen molar-refractivity contribution in [2.45, 2.75) is 38.0 Å². The molecule has 3 heteroatoms. The van der Waals surface area contributed by atoms with Crippen molar-refractivity contribution in [3.63, 3.8) is 0 Å². The van der Waals surface area contributed by atoms with Gasteiger partial charge in [0, 0.05) is 6.42 Å². The Hall–Kier alpha value is -1.51. The fraction of sp³-hybridized carbons (Fsp3) is 0.500. The van der Waals surface area contributed by atoms with Gasteiger partial charge in [0.2, 0.25) is 0 Å². The second-order valence-corrected chi connectivity index (χ2v) is 4.59. The van der Waals surface area contributed by atoms with Gasteiger partial charge in [0.1, 0.15) is 5.75 Å². The fourth-order valence-corrected chi connectivity index (χ4v) is 2.62. The molecule has 1 aliphatic rings. The highest BCUT2D eigenvalue weighted by atomic mass is 16.5. The van der Waals surface area contributed by atoms with Gasteiger partial charge < -0.3 is 9.84 Å². The molecule has 1 N–H and O–H groups in total. The van der Waals surface area contributed by atoms with Gasteiger partial charge >= 0.3 is 5.97 Å². The number of aryl methyl sites for hydroxylation is 1. The maximum absolute atomic E-state index is 10.6. The van der Waals surface area contributed by atoms with E-state index in [1.165, 1.54) is 11.1 Å². The van der Waals surface area contributed by atoms with E-state index in [0.717, 1.165) is 31.4 Å². The minimum Gasteiger partial charge on any atom is -0.497 e. The Balaban J connectivity index is 2.16. The summed E-state index contributed by atoms with van der Waals surface area (Å²) in [5.41, 5.74) is 2.64. The van der Waals surface area contributed by atoms with Crippen molar-refractivity contribution < 1.29 is 14.6 Å². The molecule has 0 fully saturated rings. The topological polar surface area (TPSA) is 46.5 Å². The largest absolute Gasteiger partial charge is 0.497 e. The highest BCUT2D eigenvalue weighted by Crippen LogP contribution is 2.36. The van der Waals surface area contributed by atoms with Crippen molar-refractivity contribution in [1.29, 1.82) is 0 Å². The molecule has 1 aliphatic carbocycles. The first kappa shape index (κ1) is 12.0. The number of ether oxygens (including phenoxy) is 1. The molecule has 0 aromatic heterocycles. The molecule has 0 unspecified atom stereocenters. The molecule has 3 nitrogen and oxygen atoms in total. The number of carboxylic acid groups (broad SMARTS) is 1. The van der Waals surface area contributed by atoms with E-state index in [2.05, 4.69) is 12.1 Å². The van der Waals surface area contributed by atoms with Crippen LogP contribution >= 0.6 is 0 Å². The second-order valence-electron chi connectivity index (χ2n) is 4.59. The Morgan fingerprint density at radius 3 is 3.06 bits per heavy atom. The lowest BCUT2D eigenvalue weighted by Gasteiger charge is -2.25. The third kappa shape index (κ3) is 2.78. The maximum Gasteiger partial charge on any atom is 0.303 e. The van der Waals surface area contributed by atoms with E-state index in [1.807, 2.05) is 6.07 Å². The van der Waals surface area contributed by atoms with Crippen LogP contribution in [0.3, 0.4) is 0 Å². The van der Waals surface area contributed by atoms with Crippen molar-refractivity contribution in [2.24, 2.45) is 0 Å². The van der Waals surface area contributed by atoms with Crippen molar-refractivity contribution in [2.75, 3.05) is 7.11 Å². The van der Waals surface area contributed by atoms with Crippen LogP contribution in [0.5, 0.6) is 5.75 Å². The molecule has 17 heavy (non-hydrogen) atoms. The molecule has 0 aliphatic heterocycles. The van der Waals surface area contributed by atoms with Crippen molar-refractivity contribution in [3.8, 4) is 5.75 Å². The molecule has 92 valence electrons. The minimum absolute atomic E-state index is 0.260. The highest BCUT2D eigenvalue weighted by Gasteiger charge is 2.21. The Morgan fingerprint density at radius 1 is 1.53 bits per heavy atom. The molecule has 0 heterocycles. The molecular formula is C14H18O3. The summed E-state index contributed by atoms with van der Waals surface area (Å²) in [5.74, 6) is 0.592. The van der Waals surface area contributed by atoms with E-state index in [4.69, 9.17) is 9.84 Å². The second kappa shape index (κ2) is 5.21. The van der Waals surface area contributed by atoms with Crippen molar-refractivity contribution in [1.82, 2.24) is 0 Å². The molecule has 1 aromatic carbocycles. The third-order valence-electron chi connectivity index (χ3n) is 3.50. The van der Waals surface area contributed by atoms with Crippen molar-refractivity contribution in [3.05, 3.63) is 29.3 Å². The van der Waals surface area contributed by atoms with Crippen LogP contribution in [0.15, 0.2) is 18.2 Å². The van der Waals surface area contributed by atoms with E-state index >= 15 is 0 Å². The van der Waals surface area contributed by atoms with Crippen LogP contribution in [0.1, 0.15) is 42.7 Å². The lowest BCUT2D eigenvalue weighted by molar-refractivity contribution is -0.137. The third-order valence-corrected chi connectivity index (χ3v) is 3.50. The van der Waals surface area contributed by atoms with Crippen LogP contribution in [-0.2, 0) is 11.2 Å². The number of benzene rings is 1. The summed E-state index contributed by atoms with van der Waals surface area (Å²) in [5, 5.41) is 8.75. The van der Waals surface area contributed by atoms with Gasteiger partial charge in [-0.2, -0.15) is 0 Å². The molecule has 0 saturated heterocycles. The summed E-state index contributed by atoms with van der Waals surface area (Å²) in [6.45, 7) is 0. The van der Waals surface area contributed by atoms with Crippen molar-refractivity contribution >= 4 is 5.97 Å². The number of hydrogen-bond acceptors (Lipinski definition) is 2. The number of fused-ring (bicyclic) bond motifs is 1. The van der Waals surface area contributed by atoms with Crippen LogP contribution in [0.25, 0.3) is 0 Å². The summed E-state index contributed by atoms with van der Waals surface area (Å²) in [6.07, 6.45) is 4.33. The molecule has 1 aromatic rings.